The second-order valence-corrected chi connectivity index (χ2v) is 8.95. The lowest BCUT2D eigenvalue weighted by molar-refractivity contribution is 0.0407. The first-order valence-corrected chi connectivity index (χ1v) is 9.87. The maximum atomic E-state index is 13.2. The summed E-state index contributed by atoms with van der Waals surface area (Å²) in [6.07, 6.45) is 0. The summed E-state index contributed by atoms with van der Waals surface area (Å²) in [7, 11) is -6.75. The van der Waals surface area contributed by atoms with Gasteiger partial charge in [-0.2, -0.15) is 0 Å². The van der Waals surface area contributed by atoms with Crippen molar-refractivity contribution in [1.82, 2.24) is 5.12 Å². The van der Waals surface area contributed by atoms with Gasteiger partial charge in [-0.3, -0.25) is 0 Å². The summed E-state index contributed by atoms with van der Waals surface area (Å²) in [6.45, 7) is -0.731. The maximum Gasteiger partial charge on any atom is 0.152 e. The molecule has 0 saturated carbocycles. The summed E-state index contributed by atoms with van der Waals surface area (Å²) >= 11 is 10.6. The fourth-order valence-corrected chi connectivity index (χ4v) is 4.27. The van der Waals surface area contributed by atoms with Crippen LogP contribution >= 0.6 is 23.2 Å². The first-order chi connectivity index (χ1) is 8.22. The van der Waals surface area contributed by atoms with Gasteiger partial charge < -0.3 is 0 Å². The molecule has 0 heterocycles. The first-order valence-electron chi connectivity index (χ1n) is 5.16. The van der Waals surface area contributed by atoms with Crippen LogP contribution in [0.1, 0.15) is 0 Å². The fraction of sp³-hybridized carbons (Fsp3) is 1.00. The number of rotatable bonds is 10. The van der Waals surface area contributed by atoms with Gasteiger partial charge in [0.05, 0.1) is 23.0 Å². The number of alkyl halides is 2. The molecule has 0 atom stereocenters. The van der Waals surface area contributed by atoms with Crippen molar-refractivity contribution in [2.45, 2.75) is 0 Å². The smallest absolute Gasteiger partial charge is 0.152 e. The number of hydrogen-bond acceptors (Lipinski definition) is 5. The molecule has 5 nitrogen and oxygen atoms in total. The van der Waals surface area contributed by atoms with E-state index < -0.39 is 19.7 Å². The molecule has 10 heteroatoms. The minimum Gasteiger partial charge on any atom is -0.229 e. The summed E-state index contributed by atoms with van der Waals surface area (Å²) in [4.78, 5) is 0. The Bertz CT molecular complexity index is 386. The van der Waals surface area contributed by atoms with Gasteiger partial charge in [-0.15, -0.1) is 32.8 Å². The molecule has 0 fully saturated rings. The molecule has 0 radical (unpaired) electrons. The van der Waals surface area contributed by atoms with E-state index in [9.17, 15) is 21.3 Å². The van der Waals surface area contributed by atoms with Crippen molar-refractivity contribution < 1.29 is 21.3 Å². The van der Waals surface area contributed by atoms with Crippen LogP contribution in [0, 0.1) is 0 Å². The summed E-state index contributed by atoms with van der Waals surface area (Å²) < 4.78 is 58.1. The Morgan fingerprint density at radius 2 is 1.11 bits per heavy atom. The van der Waals surface area contributed by atoms with Crippen LogP contribution in [0.2, 0.25) is 0 Å². The van der Waals surface area contributed by atoms with Crippen LogP contribution < -0.4 is 0 Å². The van der Waals surface area contributed by atoms with Crippen LogP contribution in [0.5, 0.6) is 0 Å². The first kappa shape index (κ1) is 18.4. The number of halogens is 3. The van der Waals surface area contributed by atoms with E-state index in [2.05, 4.69) is 0 Å². The van der Waals surface area contributed by atoms with Crippen molar-refractivity contribution in [3.63, 3.8) is 0 Å². The van der Waals surface area contributed by atoms with Crippen LogP contribution in [0.3, 0.4) is 0 Å². The largest absolute Gasteiger partial charge is 0.229 e. The predicted octanol–water partition coefficient (Wildman–Crippen LogP) is 0.480. The monoisotopic (exact) mass is 343 g/mol. The molecule has 0 aliphatic carbocycles. The van der Waals surface area contributed by atoms with Crippen molar-refractivity contribution >= 4 is 42.9 Å². The summed E-state index contributed by atoms with van der Waals surface area (Å²) in [5.74, 6) is -1.28. The van der Waals surface area contributed by atoms with Gasteiger partial charge in [0.25, 0.3) is 0 Å². The maximum absolute atomic E-state index is 13.2. The van der Waals surface area contributed by atoms with E-state index in [-0.39, 0.29) is 53.0 Å². The predicted molar refractivity (Wildman–Crippen MR) is 71.4 cm³/mol. The fourth-order valence-electron chi connectivity index (χ4n) is 1.03. The standard InChI is InChI=1S/C8H16Cl2FNO4S2/c9-1-5-17(13,14)7-3-12(11)4-8-18(15,16)6-2-10/h1-8H2. The molecule has 110 valence electrons. The highest BCUT2D eigenvalue weighted by molar-refractivity contribution is 7.91. The summed E-state index contributed by atoms with van der Waals surface area (Å²) in [5, 5.41) is 0.178. The number of sulfone groups is 2. The second-order valence-electron chi connectivity index (χ2n) is 3.59. The van der Waals surface area contributed by atoms with Gasteiger partial charge >= 0.3 is 0 Å². The molecule has 0 unspecified atom stereocenters. The molecule has 0 spiro atoms. The van der Waals surface area contributed by atoms with Gasteiger partial charge in [-0.05, 0) is 0 Å². The molecular weight excluding hydrogens is 328 g/mol. The Morgan fingerprint density at radius 3 is 1.39 bits per heavy atom. The van der Waals surface area contributed by atoms with Crippen molar-refractivity contribution in [2.24, 2.45) is 0 Å². The Balaban J connectivity index is 4.03. The third-order valence-electron chi connectivity index (χ3n) is 2.07. The van der Waals surface area contributed by atoms with E-state index in [1.807, 2.05) is 0 Å². The van der Waals surface area contributed by atoms with E-state index >= 15 is 0 Å². The van der Waals surface area contributed by atoms with Gasteiger partial charge in [0.15, 0.2) is 19.7 Å². The Morgan fingerprint density at radius 1 is 0.778 bits per heavy atom. The van der Waals surface area contributed by atoms with Gasteiger partial charge in [0, 0.05) is 24.8 Å². The Hall–Kier alpha value is 0.370. The minimum absolute atomic E-state index is 0.0429. The van der Waals surface area contributed by atoms with Crippen LogP contribution in [0.15, 0.2) is 0 Å². The topological polar surface area (TPSA) is 71.5 Å². The molecule has 0 aliphatic rings. The highest BCUT2D eigenvalue weighted by atomic mass is 35.5. The normalized spacial score (nSPS) is 13.1. The minimum atomic E-state index is -3.37. The zero-order valence-electron chi connectivity index (χ0n) is 9.69. The molecule has 0 aliphatic heterocycles. The van der Waals surface area contributed by atoms with E-state index in [0.717, 1.165) is 0 Å². The SMILES string of the molecule is O=S(=O)(CCCl)CCN(F)CCS(=O)(=O)CCCl. The molecule has 0 bridgehead atoms. The molecular formula is C8H16Cl2FNO4S2. The van der Waals surface area contributed by atoms with E-state index in [0.29, 0.717) is 0 Å². The van der Waals surface area contributed by atoms with Gasteiger partial charge in [0.2, 0.25) is 0 Å². The van der Waals surface area contributed by atoms with Gasteiger partial charge in [-0.1, -0.05) is 0 Å². The number of hydrogen-bond donors (Lipinski definition) is 0. The quantitative estimate of drug-likeness (QED) is 0.426. The zero-order valence-corrected chi connectivity index (χ0v) is 12.8. The van der Waals surface area contributed by atoms with Crippen molar-refractivity contribution in [1.29, 1.82) is 0 Å². The van der Waals surface area contributed by atoms with Crippen LogP contribution in [0.4, 0.5) is 4.48 Å². The van der Waals surface area contributed by atoms with E-state index in [1.165, 1.54) is 0 Å². The lowest BCUT2D eigenvalue weighted by Gasteiger charge is -2.11. The lowest BCUT2D eigenvalue weighted by atomic mass is 10.6. The average Bonchev–Trinajstić information content (AvgIpc) is 2.24. The Kier molecular flexibility index (Phi) is 8.70. The molecule has 0 N–H and O–H groups in total. The summed E-state index contributed by atoms with van der Waals surface area (Å²) in [5.41, 5.74) is 0. The van der Waals surface area contributed by atoms with E-state index in [1.54, 1.807) is 0 Å². The van der Waals surface area contributed by atoms with Crippen LogP contribution in [0.25, 0.3) is 0 Å². The molecule has 0 amide bonds. The van der Waals surface area contributed by atoms with E-state index in [4.69, 9.17) is 23.2 Å². The average molecular weight is 344 g/mol. The van der Waals surface area contributed by atoms with Crippen LogP contribution in [-0.2, 0) is 19.7 Å². The van der Waals surface area contributed by atoms with Gasteiger partial charge in [-0.25, -0.2) is 16.8 Å². The third-order valence-corrected chi connectivity index (χ3v) is 6.15. The molecule has 18 heavy (non-hydrogen) atoms. The zero-order chi connectivity index (χ0) is 14.2. The van der Waals surface area contributed by atoms with Crippen LogP contribution in [-0.4, -0.2) is 69.8 Å². The third kappa shape index (κ3) is 9.32. The highest BCUT2D eigenvalue weighted by Crippen LogP contribution is 1.99. The van der Waals surface area contributed by atoms with Crippen molar-refractivity contribution in [3.05, 3.63) is 0 Å². The molecule has 0 aromatic heterocycles. The molecule has 0 rings (SSSR count). The number of nitrogens with zero attached hydrogens (tertiary/aromatic N) is 1. The van der Waals surface area contributed by atoms with Crippen molar-refractivity contribution in [2.75, 3.05) is 47.9 Å². The lowest BCUT2D eigenvalue weighted by Crippen LogP contribution is -2.29. The highest BCUT2D eigenvalue weighted by Gasteiger charge is 2.16. The second kappa shape index (κ2) is 8.52. The molecule has 0 saturated heterocycles. The molecule has 0 aromatic carbocycles. The van der Waals surface area contributed by atoms with Crippen molar-refractivity contribution in [3.8, 4) is 0 Å². The van der Waals surface area contributed by atoms with Gasteiger partial charge in [0.1, 0.15) is 0 Å². The Labute approximate surface area is 117 Å². The molecule has 0 aromatic rings. The summed E-state index contributed by atoms with van der Waals surface area (Å²) in [6, 6.07) is 0.